The van der Waals surface area contributed by atoms with Gasteiger partial charge in [-0.15, -0.1) is 0 Å². The summed E-state index contributed by atoms with van der Waals surface area (Å²) >= 11 is 0. The number of para-hydroxylation sites is 1. The molecule has 2 heterocycles. The second kappa shape index (κ2) is 9.03. The highest BCUT2D eigenvalue weighted by Crippen LogP contribution is 2.22. The molecule has 2 fully saturated rings. The lowest BCUT2D eigenvalue weighted by Gasteiger charge is -2.36. The second-order valence-electron chi connectivity index (χ2n) is 7.09. The molecule has 2 aliphatic rings. The van der Waals surface area contributed by atoms with Crippen LogP contribution in [-0.2, 0) is 16.1 Å². The molecular formula is C20H29N3O3. The van der Waals surface area contributed by atoms with Crippen LogP contribution in [0.1, 0.15) is 37.7 Å². The van der Waals surface area contributed by atoms with Crippen LogP contribution < -0.4 is 10.1 Å². The normalized spacial score (nSPS) is 21.8. The summed E-state index contributed by atoms with van der Waals surface area (Å²) in [6.07, 6.45) is 4.75. The van der Waals surface area contributed by atoms with E-state index < -0.39 is 6.04 Å². The summed E-state index contributed by atoms with van der Waals surface area (Å²) in [6.45, 7) is 3.60. The maximum atomic E-state index is 12.8. The minimum atomic E-state index is -0.413. The summed E-state index contributed by atoms with van der Waals surface area (Å²) in [5.41, 5.74) is 1.04. The molecule has 6 heteroatoms. The summed E-state index contributed by atoms with van der Waals surface area (Å²) in [7, 11) is 1.65. The topological polar surface area (TPSA) is 61.9 Å². The average molecular weight is 359 g/mol. The Bertz CT molecular complexity index is 626. The number of amides is 2. The van der Waals surface area contributed by atoms with Crippen molar-refractivity contribution in [1.82, 2.24) is 15.1 Å². The molecule has 142 valence electrons. The number of carbonyl (C=O) groups is 2. The van der Waals surface area contributed by atoms with Crippen molar-refractivity contribution < 1.29 is 14.3 Å². The highest BCUT2D eigenvalue weighted by atomic mass is 16.5. The van der Waals surface area contributed by atoms with E-state index in [1.807, 2.05) is 29.2 Å². The van der Waals surface area contributed by atoms with Gasteiger partial charge in [0.25, 0.3) is 0 Å². The molecule has 1 unspecified atom stereocenters. The fraction of sp³-hybridized carbons (Fsp3) is 0.600. The fourth-order valence-corrected chi connectivity index (χ4v) is 3.84. The van der Waals surface area contributed by atoms with Crippen LogP contribution in [0.2, 0.25) is 0 Å². The molecule has 0 saturated carbocycles. The van der Waals surface area contributed by atoms with Gasteiger partial charge in [-0.05, 0) is 18.9 Å². The van der Waals surface area contributed by atoms with Crippen molar-refractivity contribution in [1.29, 1.82) is 0 Å². The number of likely N-dealkylation sites (tertiary alicyclic amines) is 1. The minimum Gasteiger partial charge on any atom is -0.496 e. The number of carbonyl (C=O) groups excluding carboxylic acids is 2. The van der Waals surface area contributed by atoms with E-state index in [-0.39, 0.29) is 18.2 Å². The van der Waals surface area contributed by atoms with Crippen LogP contribution in [0, 0.1) is 0 Å². The van der Waals surface area contributed by atoms with Gasteiger partial charge in [-0.2, -0.15) is 0 Å². The summed E-state index contributed by atoms with van der Waals surface area (Å²) in [6, 6.07) is 7.44. The molecule has 3 rings (SSSR count). The number of rotatable bonds is 5. The largest absolute Gasteiger partial charge is 0.496 e. The minimum absolute atomic E-state index is 0.0469. The zero-order valence-electron chi connectivity index (χ0n) is 15.6. The molecule has 0 spiro atoms. The standard InChI is InChI=1S/C20H29N3O3/c1-26-18-9-5-4-8-16(18)15-23-13-10-21-20(25)17(23)14-19(24)22-11-6-2-3-7-12-22/h4-5,8-9,17H,2-3,6-7,10-15H2,1H3,(H,21,25). The van der Waals surface area contributed by atoms with Gasteiger partial charge in [-0.3, -0.25) is 14.5 Å². The van der Waals surface area contributed by atoms with Crippen molar-refractivity contribution in [2.24, 2.45) is 0 Å². The van der Waals surface area contributed by atoms with Gasteiger partial charge in [0.05, 0.1) is 19.6 Å². The Balaban J connectivity index is 1.69. The summed E-state index contributed by atoms with van der Waals surface area (Å²) in [4.78, 5) is 29.3. The number of piperazine rings is 1. The van der Waals surface area contributed by atoms with Gasteiger partial charge >= 0.3 is 0 Å². The van der Waals surface area contributed by atoms with Crippen molar-refractivity contribution >= 4 is 11.8 Å². The van der Waals surface area contributed by atoms with E-state index >= 15 is 0 Å². The van der Waals surface area contributed by atoms with Crippen LogP contribution in [0.5, 0.6) is 5.75 Å². The summed E-state index contributed by atoms with van der Waals surface area (Å²) < 4.78 is 5.44. The van der Waals surface area contributed by atoms with Crippen LogP contribution >= 0.6 is 0 Å². The number of hydrogen-bond acceptors (Lipinski definition) is 4. The number of nitrogens with zero attached hydrogens (tertiary/aromatic N) is 2. The van der Waals surface area contributed by atoms with Gasteiger partial charge in [-0.25, -0.2) is 0 Å². The third-order valence-corrected chi connectivity index (χ3v) is 5.33. The maximum Gasteiger partial charge on any atom is 0.237 e. The molecule has 2 saturated heterocycles. The number of nitrogens with one attached hydrogen (secondary N) is 1. The van der Waals surface area contributed by atoms with E-state index in [2.05, 4.69) is 10.2 Å². The van der Waals surface area contributed by atoms with Crippen LogP contribution in [0.3, 0.4) is 0 Å². The zero-order chi connectivity index (χ0) is 18.4. The highest BCUT2D eigenvalue weighted by molar-refractivity contribution is 5.88. The molecule has 1 aromatic rings. The predicted octanol–water partition coefficient (Wildman–Crippen LogP) is 1.79. The summed E-state index contributed by atoms with van der Waals surface area (Å²) in [5, 5.41) is 2.91. The monoisotopic (exact) mass is 359 g/mol. The van der Waals surface area contributed by atoms with Crippen molar-refractivity contribution in [3.8, 4) is 5.75 Å². The van der Waals surface area contributed by atoms with Gasteiger partial charge in [0.2, 0.25) is 11.8 Å². The number of ether oxygens (including phenoxy) is 1. The van der Waals surface area contributed by atoms with Crippen molar-refractivity contribution in [3.63, 3.8) is 0 Å². The fourth-order valence-electron chi connectivity index (χ4n) is 3.84. The van der Waals surface area contributed by atoms with Crippen molar-refractivity contribution in [2.75, 3.05) is 33.3 Å². The van der Waals surface area contributed by atoms with E-state index in [0.29, 0.717) is 13.1 Å². The number of hydrogen-bond donors (Lipinski definition) is 1. The van der Waals surface area contributed by atoms with E-state index in [0.717, 1.165) is 43.8 Å². The first-order valence-corrected chi connectivity index (χ1v) is 9.60. The Morgan fingerprint density at radius 1 is 1.15 bits per heavy atom. The zero-order valence-corrected chi connectivity index (χ0v) is 15.6. The molecule has 1 aromatic carbocycles. The third-order valence-electron chi connectivity index (χ3n) is 5.33. The van der Waals surface area contributed by atoms with Gasteiger partial charge in [0.1, 0.15) is 5.75 Å². The molecule has 26 heavy (non-hydrogen) atoms. The van der Waals surface area contributed by atoms with E-state index in [9.17, 15) is 9.59 Å². The van der Waals surface area contributed by atoms with E-state index in [1.165, 1.54) is 12.8 Å². The Hall–Kier alpha value is -2.08. The first-order chi connectivity index (χ1) is 12.7. The van der Waals surface area contributed by atoms with Crippen molar-refractivity contribution in [2.45, 2.75) is 44.7 Å². The first-order valence-electron chi connectivity index (χ1n) is 9.60. The number of benzene rings is 1. The Morgan fingerprint density at radius 2 is 1.88 bits per heavy atom. The molecule has 6 nitrogen and oxygen atoms in total. The van der Waals surface area contributed by atoms with E-state index in [4.69, 9.17) is 4.74 Å². The van der Waals surface area contributed by atoms with Crippen LogP contribution in [-0.4, -0.2) is 60.9 Å². The van der Waals surface area contributed by atoms with Gasteiger partial charge in [0, 0.05) is 38.3 Å². The maximum absolute atomic E-state index is 12.8. The lowest BCUT2D eigenvalue weighted by Crippen LogP contribution is -2.56. The SMILES string of the molecule is COc1ccccc1CN1CCNC(=O)C1CC(=O)N1CCCCCC1. The molecule has 0 bridgehead atoms. The lowest BCUT2D eigenvalue weighted by atomic mass is 10.1. The Morgan fingerprint density at radius 3 is 2.62 bits per heavy atom. The third kappa shape index (κ3) is 4.55. The quantitative estimate of drug-likeness (QED) is 0.871. The highest BCUT2D eigenvalue weighted by Gasteiger charge is 2.33. The lowest BCUT2D eigenvalue weighted by molar-refractivity contribution is -0.139. The first kappa shape index (κ1) is 18.7. The molecule has 2 aliphatic heterocycles. The van der Waals surface area contributed by atoms with Gasteiger partial charge in [0.15, 0.2) is 0 Å². The second-order valence-corrected chi connectivity index (χ2v) is 7.09. The van der Waals surface area contributed by atoms with Crippen LogP contribution in [0.25, 0.3) is 0 Å². The van der Waals surface area contributed by atoms with Gasteiger partial charge in [-0.1, -0.05) is 31.0 Å². The number of methoxy groups -OCH3 is 1. The molecule has 0 radical (unpaired) electrons. The molecular weight excluding hydrogens is 330 g/mol. The predicted molar refractivity (Wildman–Crippen MR) is 99.9 cm³/mol. The van der Waals surface area contributed by atoms with Crippen LogP contribution in [0.4, 0.5) is 0 Å². The Kier molecular flexibility index (Phi) is 6.50. The van der Waals surface area contributed by atoms with E-state index in [1.54, 1.807) is 7.11 Å². The average Bonchev–Trinajstić information content (AvgIpc) is 2.94. The van der Waals surface area contributed by atoms with Crippen LogP contribution in [0.15, 0.2) is 24.3 Å². The molecule has 1 atom stereocenters. The molecule has 1 N–H and O–H groups in total. The smallest absolute Gasteiger partial charge is 0.237 e. The Labute approximate surface area is 155 Å². The van der Waals surface area contributed by atoms with Gasteiger partial charge < -0.3 is 15.0 Å². The van der Waals surface area contributed by atoms with Crippen molar-refractivity contribution in [3.05, 3.63) is 29.8 Å². The molecule has 0 aliphatic carbocycles. The molecule has 2 amide bonds. The summed E-state index contributed by atoms with van der Waals surface area (Å²) in [5.74, 6) is 0.865. The molecule has 0 aromatic heterocycles.